The summed E-state index contributed by atoms with van der Waals surface area (Å²) in [6.07, 6.45) is 4.80. The number of nitrogens with one attached hydrogen (secondary N) is 1. The Balaban J connectivity index is 1.47. The Kier molecular flexibility index (Phi) is 6.79. The maximum absolute atomic E-state index is 13.3. The maximum Gasteiger partial charge on any atom is 0.339 e. The second kappa shape index (κ2) is 9.91. The van der Waals surface area contributed by atoms with Gasteiger partial charge in [0.15, 0.2) is 0 Å². The van der Waals surface area contributed by atoms with Crippen molar-refractivity contribution >= 4 is 34.8 Å². The molecule has 170 valence electrons. The van der Waals surface area contributed by atoms with Crippen LogP contribution >= 0.6 is 11.3 Å². The fraction of sp³-hybridized carbons (Fsp3) is 0.292. The summed E-state index contributed by atoms with van der Waals surface area (Å²) in [7, 11) is 1.30. The largest absolute Gasteiger partial charge is 0.465 e. The highest BCUT2D eigenvalue weighted by molar-refractivity contribution is 7.17. The molecule has 1 N–H and O–H groups in total. The smallest absolute Gasteiger partial charge is 0.339 e. The molecule has 2 amide bonds. The topological polar surface area (TPSA) is 101 Å². The van der Waals surface area contributed by atoms with Gasteiger partial charge in [-0.1, -0.05) is 12.1 Å². The van der Waals surface area contributed by atoms with E-state index < -0.39 is 5.97 Å². The van der Waals surface area contributed by atoms with E-state index in [1.165, 1.54) is 18.4 Å². The first-order valence-corrected chi connectivity index (χ1v) is 11.4. The first-order valence-electron chi connectivity index (χ1n) is 10.6. The fourth-order valence-electron chi connectivity index (χ4n) is 3.84. The van der Waals surface area contributed by atoms with Crippen molar-refractivity contribution in [3.05, 3.63) is 64.9 Å². The van der Waals surface area contributed by atoms with Crippen molar-refractivity contribution in [2.45, 2.75) is 19.8 Å². The Morgan fingerprint density at radius 1 is 1.18 bits per heavy atom. The molecule has 1 aromatic carbocycles. The lowest BCUT2D eigenvalue weighted by molar-refractivity contribution is -0.121. The molecule has 1 aliphatic rings. The van der Waals surface area contributed by atoms with Gasteiger partial charge in [-0.05, 0) is 44.0 Å². The first kappa shape index (κ1) is 22.6. The van der Waals surface area contributed by atoms with Gasteiger partial charge in [-0.15, -0.1) is 11.3 Å². The molecule has 0 spiro atoms. The van der Waals surface area contributed by atoms with E-state index in [1.807, 2.05) is 19.1 Å². The lowest BCUT2D eigenvalue weighted by Gasteiger charge is -2.32. The molecule has 1 atom stereocenters. The lowest BCUT2D eigenvalue weighted by atomic mass is 9.96. The molecule has 1 saturated heterocycles. The number of amides is 2. The van der Waals surface area contributed by atoms with Crippen molar-refractivity contribution in [1.82, 2.24) is 14.9 Å². The molecular weight excluding hydrogens is 440 g/mol. The monoisotopic (exact) mass is 464 g/mol. The number of piperidine rings is 1. The van der Waals surface area contributed by atoms with Crippen LogP contribution in [0.3, 0.4) is 0 Å². The van der Waals surface area contributed by atoms with E-state index in [-0.39, 0.29) is 17.7 Å². The number of nitrogens with zero attached hydrogens (tertiary/aromatic N) is 3. The Morgan fingerprint density at radius 2 is 2.00 bits per heavy atom. The van der Waals surface area contributed by atoms with E-state index in [0.29, 0.717) is 41.3 Å². The Hall–Kier alpha value is -3.59. The summed E-state index contributed by atoms with van der Waals surface area (Å²) in [6.45, 7) is 2.72. The van der Waals surface area contributed by atoms with Gasteiger partial charge in [0.05, 0.1) is 30.0 Å². The number of esters is 1. The van der Waals surface area contributed by atoms with Gasteiger partial charge in [0.25, 0.3) is 5.91 Å². The molecule has 1 unspecified atom stereocenters. The summed E-state index contributed by atoms with van der Waals surface area (Å²) >= 11 is 1.34. The fourth-order valence-corrected chi connectivity index (χ4v) is 4.87. The van der Waals surface area contributed by atoms with Crippen LogP contribution in [-0.4, -0.2) is 52.9 Å². The van der Waals surface area contributed by atoms with E-state index in [0.717, 1.165) is 17.0 Å². The second-order valence-electron chi connectivity index (χ2n) is 7.79. The number of thiazole rings is 1. The number of para-hydroxylation sites is 1. The van der Waals surface area contributed by atoms with Crippen LogP contribution in [0.2, 0.25) is 0 Å². The molecule has 3 aromatic rings. The minimum Gasteiger partial charge on any atom is -0.465 e. The number of likely N-dealkylation sites (tertiary alicyclic amines) is 1. The number of ether oxygens (including phenoxy) is 1. The summed E-state index contributed by atoms with van der Waals surface area (Å²) in [5.74, 6) is -1.23. The third kappa shape index (κ3) is 4.93. The number of benzene rings is 1. The lowest BCUT2D eigenvalue weighted by Crippen LogP contribution is -2.43. The summed E-state index contributed by atoms with van der Waals surface area (Å²) in [4.78, 5) is 49.2. The highest BCUT2D eigenvalue weighted by atomic mass is 32.1. The number of hydrogen-bond donors (Lipinski definition) is 1. The number of hydrogen-bond acceptors (Lipinski definition) is 7. The van der Waals surface area contributed by atoms with Gasteiger partial charge < -0.3 is 15.0 Å². The second-order valence-corrected chi connectivity index (χ2v) is 8.79. The van der Waals surface area contributed by atoms with Crippen molar-refractivity contribution in [3.63, 3.8) is 0 Å². The predicted molar refractivity (Wildman–Crippen MR) is 125 cm³/mol. The predicted octanol–water partition coefficient (Wildman–Crippen LogP) is 3.79. The molecule has 1 aliphatic heterocycles. The van der Waals surface area contributed by atoms with Crippen LogP contribution in [0.5, 0.6) is 0 Å². The highest BCUT2D eigenvalue weighted by Gasteiger charge is 2.31. The quantitative estimate of drug-likeness (QED) is 0.577. The normalized spacial score (nSPS) is 15.7. The number of aromatic nitrogens is 2. The van der Waals surface area contributed by atoms with Crippen molar-refractivity contribution in [1.29, 1.82) is 0 Å². The molecular formula is C24H24N4O4S. The standard InChI is InChI=1S/C24H24N4O4S/c1-15-20(33-22(26-15)16-7-5-11-25-13-16)23(30)28-12-6-8-17(14-28)21(29)27-19-10-4-3-9-18(19)24(31)32-2/h3-5,7,9-11,13,17H,6,8,12,14H2,1-2H3,(H,27,29). The number of carbonyl (C=O) groups excluding carboxylic acids is 3. The van der Waals surface area contributed by atoms with Crippen LogP contribution in [0, 0.1) is 12.8 Å². The third-order valence-electron chi connectivity index (χ3n) is 5.57. The van der Waals surface area contributed by atoms with Gasteiger partial charge in [-0.3, -0.25) is 14.6 Å². The van der Waals surface area contributed by atoms with Gasteiger partial charge in [-0.25, -0.2) is 9.78 Å². The number of aryl methyl sites for hydroxylation is 1. The van der Waals surface area contributed by atoms with Crippen molar-refractivity contribution < 1.29 is 19.1 Å². The minimum absolute atomic E-state index is 0.118. The van der Waals surface area contributed by atoms with Gasteiger partial charge in [-0.2, -0.15) is 0 Å². The zero-order valence-corrected chi connectivity index (χ0v) is 19.2. The van der Waals surface area contributed by atoms with Crippen LogP contribution < -0.4 is 5.32 Å². The number of carbonyl (C=O) groups is 3. The zero-order chi connectivity index (χ0) is 23.4. The Morgan fingerprint density at radius 3 is 2.76 bits per heavy atom. The number of anilines is 1. The maximum atomic E-state index is 13.3. The van der Waals surface area contributed by atoms with Gasteiger partial charge in [0.1, 0.15) is 9.88 Å². The van der Waals surface area contributed by atoms with Crippen LogP contribution in [-0.2, 0) is 9.53 Å². The molecule has 0 aliphatic carbocycles. The number of methoxy groups -OCH3 is 1. The summed E-state index contributed by atoms with van der Waals surface area (Å²) < 4.78 is 4.79. The minimum atomic E-state index is -0.517. The van der Waals surface area contributed by atoms with E-state index in [2.05, 4.69) is 15.3 Å². The molecule has 0 bridgehead atoms. The van der Waals surface area contributed by atoms with Crippen LogP contribution in [0.25, 0.3) is 10.6 Å². The molecule has 9 heteroatoms. The molecule has 33 heavy (non-hydrogen) atoms. The third-order valence-corrected chi connectivity index (χ3v) is 6.76. The Labute approximate surface area is 195 Å². The molecule has 2 aromatic heterocycles. The van der Waals surface area contributed by atoms with Crippen LogP contribution in [0.4, 0.5) is 5.69 Å². The average Bonchev–Trinajstić information content (AvgIpc) is 3.25. The summed E-state index contributed by atoms with van der Waals surface area (Å²) in [6, 6.07) is 10.5. The van der Waals surface area contributed by atoms with Crippen LogP contribution in [0.15, 0.2) is 48.8 Å². The number of pyridine rings is 1. The molecule has 0 radical (unpaired) electrons. The molecule has 3 heterocycles. The SMILES string of the molecule is COC(=O)c1ccccc1NC(=O)C1CCCN(C(=O)c2sc(-c3cccnc3)nc2C)C1. The van der Waals surface area contributed by atoms with E-state index in [4.69, 9.17) is 4.74 Å². The van der Waals surface area contributed by atoms with Crippen LogP contribution in [0.1, 0.15) is 38.6 Å². The molecule has 8 nitrogen and oxygen atoms in total. The van der Waals surface area contributed by atoms with E-state index in [1.54, 1.807) is 41.6 Å². The zero-order valence-electron chi connectivity index (χ0n) is 18.4. The van der Waals surface area contributed by atoms with Gasteiger partial charge in [0, 0.05) is 31.0 Å². The molecule has 1 fully saturated rings. The van der Waals surface area contributed by atoms with Gasteiger partial charge >= 0.3 is 5.97 Å². The summed E-state index contributed by atoms with van der Waals surface area (Å²) in [5, 5.41) is 3.58. The van der Waals surface area contributed by atoms with E-state index in [9.17, 15) is 14.4 Å². The highest BCUT2D eigenvalue weighted by Crippen LogP contribution is 2.30. The van der Waals surface area contributed by atoms with Crippen molar-refractivity contribution in [3.8, 4) is 10.6 Å². The average molecular weight is 465 g/mol. The first-order chi connectivity index (χ1) is 16.0. The molecule has 4 rings (SSSR count). The van der Waals surface area contributed by atoms with E-state index >= 15 is 0 Å². The van der Waals surface area contributed by atoms with Crippen molar-refractivity contribution in [2.24, 2.45) is 5.92 Å². The summed E-state index contributed by atoms with van der Waals surface area (Å²) in [5.41, 5.74) is 2.23. The molecule has 0 saturated carbocycles. The van der Waals surface area contributed by atoms with Crippen molar-refractivity contribution in [2.75, 3.05) is 25.5 Å². The van der Waals surface area contributed by atoms with Gasteiger partial charge in [0.2, 0.25) is 5.91 Å². The Bertz CT molecular complexity index is 1180. The number of rotatable bonds is 5.